The lowest BCUT2D eigenvalue weighted by molar-refractivity contribution is 0.287. The van der Waals surface area contributed by atoms with Gasteiger partial charge in [-0.15, -0.1) is 0 Å². The molecule has 4 nitrogen and oxygen atoms in total. The van der Waals surface area contributed by atoms with Gasteiger partial charge in [-0.3, -0.25) is 4.90 Å². The van der Waals surface area contributed by atoms with Crippen molar-refractivity contribution in [2.24, 2.45) is 5.73 Å². The van der Waals surface area contributed by atoms with E-state index in [9.17, 15) is 0 Å². The van der Waals surface area contributed by atoms with Gasteiger partial charge < -0.3 is 10.3 Å². The second-order valence-corrected chi connectivity index (χ2v) is 5.48. The minimum atomic E-state index is 0.0689. The molecule has 1 atom stereocenters. The molecule has 0 spiro atoms. The van der Waals surface area contributed by atoms with E-state index < -0.39 is 0 Å². The van der Waals surface area contributed by atoms with Gasteiger partial charge in [0.05, 0.1) is 12.0 Å². The summed E-state index contributed by atoms with van der Waals surface area (Å²) < 4.78 is 2.17. The van der Waals surface area contributed by atoms with E-state index >= 15 is 0 Å². The minimum Gasteiger partial charge on any atom is -0.332 e. The number of hydrogen-bond acceptors (Lipinski definition) is 4. The van der Waals surface area contributed by atoms with Crippen molar-refractivity contribution in [2.45, 2.75) is 19.5 Å². The van der Waals surface area contributed by atoms with Crippen molar-refractivity contribution in [1.82, 2.24) is 14.5 Å². The first-order valence-electron chi connectivity index (χ1n) is 5.83. The maximum atomic E-state index is 5.89. The van der Waals surface area contributed by atoms with Gasteiger partial charge in [0.25, 0.3) is 0 Å². The first-order valence-corrected chi connectivity index (χ1v) is 6.98. The van der Waals surface area contributed by atoms with Crippen LogP contribution in [0.5, 0.6) is 0 Å². The number of imidazole rings is 1. The Bertz CT molecular complexity index is 318. The molecule has 1 saturated heterocycles. The minimum absolute atomic E-state index is 0.0689. The summed E-state index contributed by atoms with van der Waals surface area (Å²) in [5.74, 6) is 2.54. The Morgan fingerprint density at radius 2 is 2.19 bits per heavy atom. The molecular weight excluding hydrogens is 220 g/mol. The Morgan fingerprint density at radius 1 is 1.44 bits per heavy atom. The Morgan fingerprint density at radius 3 is 2.88 bits per heavy atom. The lowest BCUT2D eigenvalue weighted by atomic mass is 10.3. The SMILES string of the molecule is C[C@@H](N)c1cncn1CCN1CCSCC1. The van der Waals surface area contributed by atoms with Crippen LogP contribution in [0.25, 0.3) is 0 Å². The molecule has 5 heteroatoms. The molecule has 0 amide bonds. The van der Waals surface area contributed by atoms with Gasteiger partial charge in [-0.05, 0) is 6.92 Å². The molecule has 0 aliphatic carbocycles. The van der Waals surface area contributed by atoms with Crippen molar-refractivity contribution in [2.75, 3.05) is 31.1 Å². The lowest BCUT2D eigenvalue weighted by Gasteiger charge is -2.26. The third-order valence-electron chi connectivity index (χ3n) is 2.97. The molecule has 90 valence electrons. The number of rotatable bonds is 4. The Balaban J connectivity index is 1.86. The smallest absolute Gasteiger partial charge is 0.0949 e. The highest BCUT2D eigenvalue weighted by molar-refractivity contribution is 7.99. The molecule has 0 saturated carbocycles. The van der Waals surface area contributed by atoms with E-state index in [0.717, 1.165) is 18.8 Å². The summed E-state index contributed by atoms with van der Waals surface area (Å²) in [5.41, 5.74) is 7.02. The van der Waals surface area contributed by atoms with Gasteiger partial charge in [0.1, 0.15) is 0 Å². The van der Waals surface area contributed by atoms with Gasteiger partial charge in [0, 0.05) is 49.9 Å². The molecule has 0 aromatic carbocycles. The maximum absolute atomic E-state index is 5.89. The fourth-order valence-electron chi connectivity index (χ4n) is 1.97. The zero-order chi connectivity index (χ0) is 11.4. The predicted octanol–water partition coefficient (Wildman–Crippen LogP) is 0.952. The van der Waals surface area contributed by atoms with Crippen LogP contribution < -0.4 is 5.73 Å². The number of hydrogen-bond donors (Lipinski definition) is 1. The van der Waals surface area contributed by atoms with E-state index in [-0.39, 0.29) is 6.04 Å². The van der Waals surface area contributed by atoms with E-state index in [2.05, 4.69) is 14.5 Å². The van der Waals surface area contributed by atoms with E-state index in [0.29, 0.717) is 0 Å². The summed E-state index contributed by atoms with van der Waals surface area (Å²) in [7, 11) is 0. The van der Waals surface area contributed by atoms with Crippen LogP contribution in [0.2, 0.25) is 0 Å². The van der Waals surface area contributed by atoms with Crippen molar-refractivity contribution in [3.63, 3.8) is 0 Å². The third-order valence-corrected chi connectivity index (χ3v) is 3.91. The molecule has 16 heavy (non-hydrogen) atoms. The highest BCUT2D eigenvalue weighted by Crippen LogP contribution is 2.11. The number of nitrogens with two attached hydrogens (primary N) is 1. The van der Waals surface area contributed by atoms with E-state index in [1.165, 1.54) is 24.6 Å². The third kappa shape index (κ3) is 2.99. The van der Waals surface area contributed by atoms with Crippen molar-refractivity contribution < 1.29 is 0 Å². The van der Waals surface area contributed by atoms with Crippen molar-refractivity contribution in [1.29, 1.82) is 0 Å². The molecule has 1 aromatic rings. The molecule has 1 aromatic heterocycles. The van der Waals surface area contributed by atoms with Crippen LogP contribution in [-0.4, -0.2) is 45.6 Å². The van der Waals surface area contributed by atoms with Crippen LogP contribution in [0.4, 0.5) is 0 Å². The largest absolute Gasteiger partial charge is 0.332 e. The standard InChI is InChI=1S/C11H20N4S/c1-10(12)11-8-13-9-15(11)3-2-14-4-6-16-7-5-14/h8-10H,2-7,12H2,1H3/t10-/m1/s1. The second kappa shape index (κ2) is 5.70. The highest BCUT2D eigenvalue weighted by Gasteiger charge is 2.11. The summed E-state index contributed by atoms with van der Waals surface area (Å²) in [6.45, 7) is 6.54. The molecule has 0 radical (unpaired) electrons. The number of nitrogens with zero attached hydrogens (tertiary/aromatic N) is 3. The van der Waals surface area contributed by atoms with E-state index in [1.807, 2.05) is 31.2 Å². The average molecular weight is 240 g/mol. The molecule has 1 aliphatic heterocycles. The molecule has 0 bridgehead atoms. The van der Waals surface area contributed by atoms with Crippen LogP contribution in [0, 0.1) is 0 Å². The van der Waals surface area contributed by atoms with Gasteiger partial charge in [-0.1, -0.05) is 0 Å². The Labute approximate surface area is 101 Å². The zero-order valence-electron chi connectivity index (χ0n) is 9.80. The van der Waals surface area contributed by atoms with E-state index in [4.69, 9.17) is 5.73 Å². The van der Waals surface area contributed by atoms with Crippen molar-refractivity contribution in [3.05, 3.63) is 18.2 Å². The van der Waals surface area contributed by atoms with Gasteiger partial charge in [0.2, 0.25) is 0 Å². The van der Waals surface area contributed by atoms with Crippen molar-refractivity contribution in [3.8, 4) is 0 Å². The van der Waals surface area contributed by atoms with Crippen LogP contribution in [-0.2, 0) is 6.54 Å². The van der Waals surface area contributed by atoms with Crippen LogP contribution >= 0.6 is 11.8 Å². The Hall–Kier alpha value is -0.520. The zero-order valence-corrected chi connectivity index (χ0v) is 10.6. The molecule has 2 heterocycles. The topological polar surface area (TPSA) is 47.1 Å². The van der Waals surface area contributed by atoms with Crippen LogP contribution in [0.15, 0.2) is 12.5 Å². The van der Waals surface area contributed by atoms with Crippen LogP contribution in [0.1, 0.15) is 18.7 Å². The summed E-state index contributed by atoms with van der Waals surface area (Å²) in [6, 6.07) is 0.0689. The van der Waals surface area contributed by atoms with Gasteiger partial charge in [0.15, 0.2) is 0 Å². The molecule has 0 unspecified atom stereocenters. The fourth-order valence-corrected chi connectivity index (χ4v) is 2.95. The first-order chi connectivity index (χ1) is 7.77. The molecule has 1 aliphatic rings. The highest BCUT2D eigenvalue weighted by atomic mass is 32.2. The summed E-state index contributed by atoms with van der Waals surface area (Å²) in [4.78, 5) is 6.68. The second-order valence-electron chi connectivity index (χ2n) is 4.25. The van der Waals surface area contributed by atoms with Gasteiger partial charge in [-0.25, -0.2) is 4.98 Å². The fraction of sp³-hybridized carbons (Fsp3) is 0.727. The quantitative estimate of drug-likeness (QED) is 0.851. The average Bonchev–Trinajstić information content (AvgIpc) is 2.76. The van der Waals surface area contributed by atoms with Gasteiger partial charge in [-0.2, -0.15) is 11.8 Å². The maximum Gasteiger partial charge on any atom is 0.0949 e. The number of thioether (sulfide) groups is 1. The van der Waals surface area contributed by atoms with E-state index in [1.54, 1.807) is 0 Å². The summed E-state index contributed by atoms with van der Waals surface area (Å²) in [6.07, 6.45) is 3.76. The molecule has 1 fully saturated rings. The molecule has 2 rings (SSSR count). The first kappa shape index (κ1) is 12.0. The summed E-state index contributed by atoms with van der Waals surface area (Å²) >= 11 is 2.05. The monoisotopic (exact) mass is 240 g/mol. The molecule has 2 N–H and O–H groups in total. The normalized spacial score (nSPS) is 19.9. The molecular formula is C11H20N4S. The van der Waals surface area contributed by atoms with Crippen LogP contribution in [0.3, 0.4) is 0 Å². The van der Waals surface area contributed by atoms with Crippen molar-refractivity contribution >= 4 is 11.8 Å². The predicted molar refractivity (Wildman–Crippen MR) is 68.6 cm³/mol. The lowest BCUT2D eigenvalue weighted by Crippen LogP contribution is -2.35. The summed E-state index contributed by atoms with van der Waals surface area (Å²) in [5, 5.41) is 0. The van der Waals surface area contributed by atoms with Gasteiger partial charge >= 0.3 is 0 Å². The number of aromatic nitrogens is 2. The Kier molecular flexibility index (Phi) is 4.26.